The highest BCUT2D eigenvalue weighted by molar-refractivity contribution is 5.81. The average Bonchev–Trinajstić information content (AvgIpc) is 2.47. The maximum atomic E-state index is 5.53. The van der Waals surface area contributed by atoms with Crippen molar-refractivity contribution in [2.75, 3.05) is 33.0 Å². The van der Waals surface area contributed by atoms with Gasteiger partial charge in [-0.15, -0.1) is 0 Å². The Morgan fingerprint density at radius 1 is 1.15 bits per heavy atom. The minimum Gasteiger partial charge on any atom is -0.486 e. The molecule has 1 aliphatic heterocycles. The average molecular weight is 279 g/mol. The fourth-order valence-electron chi connectivity index (χ4n) is 1.91. The Hall–Kier alpha value is -1.59. The largest absolute Gasteiger partial charge is 0.486 e. The van der Waals surface area contributed by atoms with Gasteiger partial charge in [0.05, 0.1) is 6.54 Å². The van der Waals surface area contributed by atoms with Gasteiger partial charge in [-0.2, -0.15) is 0 Å². The number of aliphatic imine (C=N–C) groups is 1. The lowest BCUT2D eigenvalue weighted by molar-refractivity contribution is -0.128. The van der Waals surface area contributed by atoms with Gasteiger partial charge in [0.25, 0.3) is 0 Å². The van der Waals surface area contributed by atoms with Gasteiger partial charge >= 0.3 is 0 Å². The van der Waals surface area contributed by atoms with E-state index in [0.29, 0.717) is 33.0 Å². The van der Waals surface area contributed by atoms with Gasteiger partial charge < -0.3 is 18.9 Å². The van der Waals surface area contributed by atoms with Gasteiger partial charge in [-0.1, -0.05) is 0 Å². The molecule has 110 valence electrons. The molecule has 0 saturated carbocycles. The van der Waals surface area contributed by atoms with Crippen LogP contribution in [-0.2, 0) is 9.47 Å². The Labute approximate surface area is 119 Å². The second-order valence-corrected chi connectivity index (χ2v) is 4.24. The van der Waals surface area contributed by atoms with Crippen LogP contribution in [0.15, 0.2) is 23.2 Å². The standard InChI is InChI=1S/C15H21NO4/c1-3-17-15(18-4-2)11-16-10-12-5-6-13-14(9-12)20-8-7-19-13/h5-6,9-10,15H,3-4,7-8,11H2,1-2H3/b16-10+. The van der Waals surface area contributed by atoms with E-state index in [2.05, 4.69) is 4.99 Å². The summed E-state index contributed by atoms with van der Waals surface area (Å²) in [4.78, 5) is 4.36. The molecule has 5 nitrogen and oxygen atoms in total. The second kappa shape index (κ2) is 7.87. The molecule has 0 fully saturated rings. The van der Waals surface area contributed by atoms with Crippen molar-refractivity contribution in [3.05, 3.63) is 23.8 Å². The second-order valence-electron chi connectivity index (χ2n) is 4.24. The fraction of sp³-hybridized carbons (Fsp3) is 0.533. The van der Waals surface area contributed by atoms with Gasteiger partial charge in [0, 0.05) is 19.4 Å². The normalized spacial score (nSPS) is 14.2. The van der Waals surface area contributed by atoms with Crippen LogP contribution in [0, 0.1) is 0 Å². The van der Waals surface area contributed by atoms with E-state index in [0.717, 1.165) is 17.1 Å². The Morgan fingerprint density at radius 3 is 2.55 bits per heavy atom. The van der Waals surface area contributed by atoms with Crippen LogP contribution in [-0.4, -0.2) is 45.5 Å². The van der Waals surface area contributed by atoms with Crippen molar-refractivity contribution in [1.29, 1.82) is 0 Å². The number of benzene rings is 1. The maximum Gasteiger partial charge on any atom is 0.176 e. The van der Waals surface area contributed by atoms with Crippen molar-refractivity contribution >= 4 is 6.21 Å². The summed E-state index contributed by atoms with van der Waals surface area (Å²) in [5.74, 6) is 1.56. The number of fused-ring (bicyclic) bond motifs is 1. The summed E-state index contributed by atoms with van der Waals surface area (Å²) in [6.45, 7) is 6.78. The molecule has 0 N–H and O–H groups in total. The third-order valence-corrected chi connectivity index (χ3v) is 2.77. The van der Waals surface area contributed by atoms with Crippen LogP contribution in [0.3, 0.4) is 0 Å². The molecule has 0 unspecified atom stereocenters. The highest BCUT2D eigenvalue weighted by Crippen LogP contribution is 2.30. The summed E-state index contributed by atoms with van der Waals surface area (Å²) in [6.07, 6.45) is 1.52. The van der Waals surface area contributed by atoms with Gasteiger partial charge in [-0.25, -0.2) is 0 Å². The molecule has 1 aromatic carbocycles. The first-order valence-electron chi connectivity index (χ1n) is 6.96. The summed E-state index contributed by atoms with van der Waals surface area (Å²) in [6, 6.07) is 5.78. The first-order valence-corrected chi connectivity index (χ1v) is 6.96. The van der Waals surface area contributed by atoms with Crippen molar-refractivity contribution in [3.63, 3.8) is 0 Å². The van der Waals surface area contributed by atoms with E-state index in [4.69, 9.17) is 18.9 Å². The maximum absolute atomic E-state index is 5.53. The lowest BCUT2D eigenvalue weighted by Gasteiger charge is -2.18. The van der Waals surface area contributed by atoms with Crippen molar-refractivity contribution in [2.45, 2.75) is 20.1 Å². The van der Waals surface area contributed by atoms with E-state index in [1.54, 1.807) is 6.21 Å². The van der Waals surface area contributed by atoms with Crippen molar-refractivity contribution in [3.8, 4) is 11.5 Å². The molecule has 0 saturated heterocycles. The molecule has 20 heavy (non-hydrogen) atoms. The van der Waals surface area contributed by atoms with E-state index in [1.165, 1.54) is 0 Å². The zero-order valence-electron chi connectivity index (χ0n) is 12.0. The van der Waals surface area contributed by atoms with Crippen LogP contribution < -0.4 is 9.47 Å². The monoisotopic (exact) mass is 279 g/mol. The van der Waals surface area contributed by atoms with Crippen LogP contribution in [0.5, 0.6) is 11.5 Å². The van der Waals surface area contributed by atoms with E-state index in [-0.39, 0.29) is 6.29 Å². The molecule has 0 aliphatic carbocycles. The van der Waals surface area contributed by atoms with Gasteiger partial charge in [-0.05, 0) is 37.6 Å². The number of hydrogen-bond donors (Lipinski definition) is 0. The molecule has 1 heterocycles. The van der Waals surface area contributed by atoms with E-state index < -0.39 is 0 Å². The van der Waals surface area contributed by atoms with Crippen molar-refractivity contribution in [2.24, 2.45) is 4.99 Å². The summed E-state index contributed by atoms with van der Waals surface area (Å²) in [7, 11) is 0. The van der Waals surface area contributed by atoms with Gasteiger partial charge in [0.15, 0.2) is 17.8 Å². The molecule has 0 radical (unpaired) electrons. The molecule has 2 rings (SSSR count). The van der Waals surface area contributed by atoms with Crippen LogP contribution >= 0.6 is 0 Å². The minimum atomic E-state index is -0.279. The molecule has 0 bridgehead atoms. The molecule has 0 amide bonds. The molecular weight excluding hydrogens is 258 g/mol. The van der Waals surface area contributed by atoms with Gasteiger partial charge in [-0.3, -0.25) is 4.99 Å². The molecule has 1 aliphatic rings. The summed E-state index contributed by atoms with van der Waals surface area (Å²) < 4.78 is 21.9. The van der Waals surface area contributed by atoms with Crippen LogP contribution in [0.1, 0.15) is 19.4 Å². The first-order chi connectivity index (χ1) is 9.83. The predicted molar refractivity (Wildman–Crippen MR) is 76.9 cm³/mol. The summed E-state index contributed by atoms with van der Waals surface area (Å²) >= 11 is 0. The number of hydrogen-bond acceptors (Lipinski definition) is 5. The van der Waals surface area contributed by atoms with E-state index >= 15 is 0 Å². The fourth-order valence-corrected chi connectivity index (χ4v) is 1.91. The van der Waals surface area contributed by atoms with Crippen LogP contribution in [0.25, 0.3) is 0 Å². The number of rotatable bonds is 7. The highest BCUT2D eigenvalue weighted by atomic mass is 16.7. The summed E-state index contributed by atoms with van der Waals surface area (Å²) in [5, 5.41) is 0. The smallest absolute Gasteiger partial charge is 0.176 e. The SMILES string of the molecule is CCOC(C/N=C/c1ccc2c(c1)OCCO2)OCC. The molecular formula is C15H21NO4. The number of ether oxygens (including phenoxy) is 4. The Morgan fingerprint density at radius 2 is 1.85 bits per heavy atom. The lowest BCUT2D eigenvalue weighted by Crippen LogP contribution is -2.20. The predicted octanol–water partition coefficient (Wildman–Crippen LogP) is 2.28. The van der Waals surface area contributed by atoms with Gasteiger partial charge in [0.2, 0.25) is 0 Å². The lowest BCUT2D eigenvalue weighted by atomic mass is 10.2. The third kappa shape index (κ3) is 4.21. The Balaban J connectivity index is 1.93. The molecule has 0 spiro atoms. The van der Waals surface area contributed by atoms with Crippen molar-refractivity contribution in [1.82, 2.24) is 0 Å². The first kappa shape index (κ1) is 14.8. The van der Waals surface area contributed by atoms with Crippen molar-refractivity contribution < 1.29 is 18.9 Å². The van der Waals surface area contributed by atoms with Crippen LogP contribution in [0.4, 0.5) is 0 Å². The minimum absolute atomic E-state index is 0.279. The third-order valence-electron chi connectivity index (χ3n) is 2.77. The summed E-state index contributed by atoms with van der Waals surface area (Å²) in [5.41, 5.74) is 0.973. The molecule has 5 heteroatoms. The Kier molecular flexibility index (Phi) is 5.83. The topological polar surface area (TPSA) is 49.3 Å². The zero-order valence-corrected chi connectivity index (χ0v) is 12.0. The Bertz CT molecular complexity index is 441. The quantitative estimate of drug-likeness (QED) is 0.567. The highest BCUT2D eigenvalue weighted by Gasteiger charge is 2.11. The molecule has 1 aromatic rings. The zero-order chi connectivity index (χ0) is 14.2. The van der Waals surface area contributed by atoms with E-state index in [9.17, 15) is 0 Å². The van der Waals surface area contributed by atoms with Gasteiger partial charge in [0.1, 0.15) is 13.2 Å². The molecule has 0 aromatic heterocycles. The van der Waals surface area contributed by atoms with Crippen LogP contribution in [0.2, 0.25) is 0 Å². The number of nitrogens with zero attached hydrogens (tertiary/aromatic N) is 1. The van der Waals surface area contributed by atoms with E-state index in [1.807, 2.05) is 32.0 Å². The molecule has 0 atom stereocenters.